The van der Waals surface area contributed by atoms with Crippen LogP contribution in [0.5, 0.6) is 0 Å². The van der Waals surface area contributed by atoms with Crippen LogP contribution in [0.25, 0.3) is 0 Å². The third-order valence-corrected chi connectivity index (χ3v) is 4.22. The predicted octanol–water partition coefficient (Wildman–Crippen LogP) is 2.31. The fourth-order valence-electron chi connectivity index (χ4n) is 3.00. The van der Waals surface area contributed by atoms with Crippen molar-refractivity contribution in [3.63, 3.8) is 0 Å². The zero-order valence-electron chi connectivity index (χ0n) is 12.3. The van der Waals surface area contributed by atoms with Gasteiger partial charge in [-0.3, -0.25) is 0 Å². The first-order valence-electron chi connectivity index (χ1n) is 7.35. The Labute approximate surface area is 116 Å². The van der Waals surface area contributed by atoms with Crippen molar-refractivity contribution in [1.82, 2.24) is 5.32 Å². The molecule has 3 heteroatoms. The van der Waals surface area contributed by atoms with Gasteiger partial charge in [-0.05, 0) is 43.0 Å². The van der Waals surface area contributed by atoms with E-state index in [0.29, 0.717) is 5.92 Å². The van der Waals surface area contributed by atoms with Gasteiger partial charge in [0.15, 0.2) is 0 Å². The maximum Gasteiger partial charge on any atom is 0.0637 e. The lowest BCUT2D eigenvalue weighted by molar-refractivity contribution is 0.244. The van der Waals surface area contributed by atoms with E-state index in [1.165, 1.54) is 23.2 Å². The Kier molecular flexibility index (Phi) is 4.83. The molecule has 1 heterocycles. The molecule has 3 nitrogen and oxygen atoms in total. The van der Waals surface area contributed by atoms with Gasteiger partial charge in [-0.1, -0.05) is 26.0 Å². The Morgan fingerprint density at radius 2 is 2.21 bits per heavy atom. The van der Waals surface area contributed by atoms with Crippen molar-refractivity contribution in [2.75, 3.05) is 24.6 Å². The first-order chi connectivity index (χ1) is 9.17. The molecule has 2 N–H and O–H groups in total. The monoisotopic (exact) mass is 262 g/mol. The van der Waals surface area contributed by atoms with Crippen LogP contribution in [0.1, 0.15) is 31.4 Å². The summed E-state index contributed by atoms with van der Waals surface area (Å²) in [6.45, 7) is 9.75. The summed E-state index contributed by atoms with van der Waals surface area (Å²) in [6, 6.07) is 6.94. The first-order valence-corrected chi connectivity index (χ1v) is 7.35. The standard InChI is InChI=1S/C16H26N2O/c1-4-17-10-14-5-6-15(13(3)9-14)18-8-7-12(2)16(18)11-19/h5-6,9,12,16-17,19H,4,7-8,10-11H2,1-3H3. The lowest BCUT2D eigenvalue weighted by atomic mass is 10.0. The topological polar surface area (TPSA) is 35.5 Å². The van der Waals surface area contributed by atoms with Crippen LogP contribution in [0.4, 0.5) is 5.69 Å². The summed E-state index contributed by atoms with van der Waals surface area (Å²) in [5, 5.41) is 12.9. The first kappa shape index (κ1) is 14.4. The van der Waals surface area contributed by atoms with Crippen molar-refractivity contribution in [1.29, 1.82) is 0 Å². The number of nitrogens with zero attached hydrogens (tertiary/aromatic N) is 1. The number of aliphatic hydroxyl groups excluding tert-OH is 1. The van der Waals surface area contributed by atoms with E-state index in [0.717, 1.165) is 19.6 Å². The van der Waals surface area contributed by atoms with Crippen molar-refractivity contribution >= 4 is 5.69 Å². The molecule has 2 atom stereocenters. The van der Waals surface area contributed by atoms with Gasteiger partial charge in [-0.2, -0.15) is 0 Å². The van der Waals surface area contributed by atoms with Crippen LogP contribution in [0, 0.1) is 12.8 Å². The van der Waals surface area contributed by atoms with Crippen molar-refractivity contribution in [2.24, 2.45) is 5.92 Å². The summed E-state index contributed by atoms with van der Waals surface area (Å²) >= 11 is 0. The summed E-state index contributed by atoms with van der Waals surface area (Å²) in [5.41, 5.74) is 3.92. The molecule has 1 aromatic carbocycles. The summed E-state index contributed by atoms with van der Waals surface area (Å²) in [7, 11) is 0. The Morgan fingerprint density at radius 3 is 2.84 bits per heavy atom. The molecule has 2 rings (SSSR count). The van der Waals surface area contributed by atoms with E-state index in [-0.39, 0.29) is 12.6 Å². The number of anilines is 1. The van der Waals surface area contributed by atoms with Crippen LogP contribution in [0.15, 0.2) is 18.2 Å². The van der Waals surface area contributed by atoms with Gasteiger partial charge in [-0.25, -0.2) is 0 Å². The lowest BCUT2D eigenvalue weighted by Crippen LogP contribution is -2.35. The third kappa shape index (κ3) is 3.10. The highest BCUT2D eigenvalue weighted by atomic mass is 16.3. The zero-order chi connectivity index (χ0) is 13.8. The Balaban J connectivity index is 2.16. The molecule has 2 unspecified atom stereocenters. The number of nitrogens with one attached hydrogen (secondary N) is 1. The zero-order valence-corrected chi connectivity index (χ0v) is 12.3. The molecule has 1 aliphatic rings. The number of hydrogen-bond donors (Lipinski definition) is 2. The third-order valence-electron chi connectivity index (χ3n) is 4.22. The molecule has 19 heavy (non-hydrogen) atoms. The number of aryl methyl sites for hydroxylation is 1. The van der Waals surface area contributed by atoms with E-state index in [1.807, 2.05) is 0 Å². The molecule has 1 saturated heterocycles. The normalized spacial score (nSPS) is 23.1. The van der Waals surface area contributed by atoms with E-state index in [4.69, 9.17) is 0 Å². The predicted molar refractivity (Wildman–Crippen MR) is 80.6 cm³/mol. The number of rotatable bonds is 5. The van der Waals surface area contributed by atoms with Gasteiger partial charge in [0.05, 0.1) is 12.6 Å². The Hall–Kier alpha value is -1.06. The van der Waals surface area contributed by atoms with Gasteiger partial charge in [0.1, 0.15) is 0 Å². The number of hydrogen-bond acceptors (Lipinski definition) is 3. The van der Waals surface area contributed by atoms with Crippen molar-refractivity contribution in [3.8, 4) is 0 Å². The van der Waals surface area contributed by atoms with Crippen LogP contribution in [-0.2, 0) is 6.54 Å². The fourth-order valence-corrected chi connectivity index (χ4v) is 3.00. The molecular formula is C16H26N2O. The lowest BCUT2D eigenvalue weighted by Gasteiger charge is -2.29. The molecule has 106 valence electrons. The SMILES string of the molecule is CCNCc1ccc(N2CCC(C)C2CO)c(C)c1. The minimum absolute atomic E-state index is 0.250. The number of aliphatic hydroxyl groups is 1. The highest BCUT2D eigenvalue weighted by Gasteiger charge is 2.31. The molecule has 0 aromatic heterocycles. The molecule has 0 amide bonds. The van der Waals surface area contributed by atoms with Crippen molar-refractivity contribution in [3.05, 3.63) is 29.3 Å². The van der Waals surface area contributed by atoms with Gasteiger partial charge < -0.3 is 15.3 Å². The molecule has 0 bridgehead atoms. The van der Waals surface area contributed by atoms with Crippen LogP contribution < -0.4 is 10.2 Å². The molecule has 0 saturated carbocycles. The average Bonchev–Trinajstić information content (AvgIpc) is 2.77. The van der Waals surface area contributed by atoms with E-state index in [2.05, 4.69) is 49.2 Å². The van der Waals surface area contributed by atoms with Gasteiger partial charge in [0.2, 0.25) is 0 Å². The molecule has 1 fully saturated rings. The van der Waals surface area contributed by atoms with Crippen molar-refractivity contribution < 1.29 is 5.11 Å². The fraction of sp³-hybridized carbons (Fsp3) is 0.625. The van der Waals surface area contributed by atoms with Crippen molar-refractivity contribution in [2.45, 2.75) is 39.8 Å². The second kappa shape index (κ2) is 6.40. The highest BCUT2D eigenvalue weighted by Crippen LogP contribution is 2.31. The Morgan fingerprint density at radius 1 is 1.42 bits per heavy atom. The summed E-state index contributed by atoms with van der Waals surface area (Å²) < 4.78 is 0. The van der Waals surface area contributed by atoms with E-state index in [1.54, 1.807) is 0 Å². The van der Waals surface area contributed by atoms with Crippen LogP contribution >= 0.6 is 0 Å². The quantitative estimate of drug-likeness (QED) is 0.855. The molecule has 0 radical (unpaired) electrons. The van der Waals surface area contributed by atoms with Crippen LogP contribution in [-0.4, -0.2) is 30.8 Å². The second-order valence-corrected chi connectivity index (χ2v) is 5.61. The molecular weight excluding hydrogens is 236 g/mol. The van der Waals surface area contributed by atoms with E-state index < -0.39 is 0 Å². The van der Waals surface area contributed by atoms with E-state index in [9.17, 15) is 5.11 Å². The highest BCUT2D eigenvalue weighted by molar-refractivity contribution is 5.56. The Bertz CT molecular complexity index is 419. The molecule has 1 aliphatic heterocycles. The largest absolute Gasteiger partial charge is 0.394 e. The van der Waals surface area contributed by atoms with Crippen LogP contribution in [0.3, 0.4) is 0 Å². The second-order valence-electron chi connectivity index (χ2n) is 5.61. The maximum atomic E-state index is 9.58. The molecule has 0 aliphatic carbocycles. The number of benzene rings is 1. The van der Waals surface area contributed by atoms with Crippen LogP contribution in [0.2, 0.25) is 0 Å². The summed E-state index contributed by atoms with van der Waals surface area (Å²) in [6.07, 6.45) is 1.17. The molecule has 1 aromatic rings. The maximum absolute atomic E-state index is 9.58. The summed E-state index contributed by atoms with van der Waals surface area (Å²) in [5.74, 6) is 0.575. The smallest absolute Gasteiger partial charge is 0.0637 e. The molecule has 0 spiro atoms. The average molecular weight is 262 g/mol. The minimum Gasteiger partial charge on any atom is -0.394 e. The summed E-state index contributed by atoms with van der Waals surface area (Å²) in [4.78, 5) is 2.37. The van der Waals surface area contributed by atoms with Gasteiger partial charge in [0, 0.05) is 18.8 Å². The van der Waals surface area contributed by atoms with E-state index >= 15 is 0 Å². The van der Waals surface area contributed by atoms with Gasteiger partial charge >= 0.3 is 0 Å². The van der Waals surface area contributed by atoms with Gasteiger partial charge in [0.25, 0.3) is 0 Å². The minimum atomic E-state index is 0.250. The van der Waals surface area contributed by atoms with Gasteiger partial charge in [-0.15, -0.1) is 0 Å².